The van der Waals surface area contributed by atoms with Crippen molar-refractivity contribution < 1.29 is 9.47 Å². The predicted octanol–water partition coefficient (Wildman–Crippen LogP) is 4.50. The Balaban J connectivity index is 1.49. The summed E-state index contributed by atoms with van der Waals surface area (Å²) in [4.78, 5) is 2.53. The molecule has 1 aliphatic heterocycles. The molecule has 2 aromatic rings. The molecule has 2 aromatic carbocycles. The fourth-order valence-corrected chi connectivity index (χ4v) is 3.85. The minimum absolute atomic E-state index is 0.536. The highest BCUT2D eigenvalue weighted by Crippen LogP contribution is 2.36. The molecule has 4 nitrogen and oxygen atoms in total. The molecule has 1 N–H and O–H groups in total. The normalized spacial score (nSPS) is 15.7. The van der Waals surface area contributed by atoms with Gasteiger partial charge in [-0.3, -0.25) is 4.90 Å². The summed E-state index contributed by atoms with van der Waals surface area (Å²) in [6.07, 6.45) is 2.32. The van der Waals surface area contributed by atoms with Crippen molar-refractivity contribution in [3.63, 3.8) is 0 Å². The van der Waals surface area contributed by atoms with Crippen LogP contribution in [0, 0.1) is 0 Å². The number of rotatable bonds is 8. The number of likely N-dealkylation sites (tertiary alicyclic amines) is 1. The first-order chi connectivity index (χ1) is 13.2. The van der Waals surface area contributed by atoms with E-state index in [9.17, 15) is 0 Å². The zero-order chi connectivity index (χ0) is 19.1. The molecule has 0 atom stereocenters. The zero-order valence-electron chi connectivity index (χ0n) is 16.2. The third-order valence-electron chi connectivity index (χ3n) is 5.01. The van der Waals surface area contributed by atoms with Gasteiger partial charge in [-0.15, -0.1) is 0 Å². The van der Waals surface area contributed by atoms with Crippen molar-refractivity contribution in [2.24, 2.45) is 0 Å². The summed E-state index contributed by atoms with van der Waals surface area (Å²) < 4.78 is 11.0. The van der Waals surface area contributed by atoms with Gasteiger partial charge in [-0.2, -0.15) is 0 Å². The minimum atomic E-state index is 0.536. The molecule has 1 fully saturated rings. The Morgan fingerprint density at radius 2 is 1.85 bits per heavy atom. The molecule has 1 heterocycles. The van der Waals surface area contributed by atoms with Gasteiger partial charge in [0.15, 0.2) is 11.5 Å². The number of ether oxygens (including phenoxy) is 2. The van der Waals surface area contributed by atoms with Crippen LogP contribution in [0.4, 0.5) is 0 Å². The predicted molar refractivity (Wildman–Crippen MR) is 111 cm³/mol. The number of methoxy groups -OCH3 is 1. The van der Waals surface area contributed by atoms with Crippen LogP contribution in [0.2, 0.25) is 5.02 Å². The van der Waals surface area contributed by atoms with Crippen molar-refractivity contribution >= 4 is 11.6 Å². The van der Waals surface area contributed by atoms with Gasteiger partial charge in [-0.05, 0) is 56.1 Å². The van der Waals surface area contributed by atoms with E-state index in [1.54, 1.807) is 7.11 Å². The summed E-state index contributed by atoms with van der Waals surface area (Å²) in [5, 5.41) is 4.27. The van der Waals surface area contributed by atoms with Gasteiger partial charge in [-0.25, -0.2) is 0 Å². The van der Waals surface area contributed by atoms with E-state index in [-0.39, 0.29) is 0 Å². The standard InChI is InChI=1S/C22H29ClN2O2/c1-3-27-22-20(23)13-18(14-21(22)26-2)15-24-19-9-11-25(12-10-19)16-17-7-5-4-6-8-17/h4-8,13-14,19,24H,3,9-12,15-16H2,1-2H3. The van der Waals surface area contributed by atoms with E-state index in [4.69, 9.17) is 21.1 Å². The van der Waals surface area contributed by atoms with Crippen LogP contribution in [0.1, 0.15) is 30.9 Å². The Hall–Kier alpha value is -1.75. The molecule has 0 bridgehead atoms. The molecule has 5 heteroatoms. The van der Waals surface area contributed by atoms with E-state index < -0.39 is 0 Å². The highest BCUT2D eigenvalue weighted by atomic mass is 35.5. The lowest BCUT2D eigenvalue weighted by Gasteiger charge is -2.32. The van der Waals surface area contributed by atoms with Crippen LogP contribution < -0.4 is 14.8 Å². The summed E-state index contributed by atoms with van der Waals surface area (Å²) in [6, 6.07) is 15.2. The first kappa shape index (κ1) is 20.0. The van der Waals surface area contributed by atoms with Crippen LogP contribution in [0.3, 0.4) is 0 Å². The summed E-state index contributed by atoms with van der Waals surface area (Å²) >= 11 is 6.37. The molecule has 0 amide bonds. The van der Waals surface area contributed by atoms with Crippen molar-refractivity contribution in [1.29, 1.82) is 0 Å². The van der Waals surface area contributed by atoms with Gasteiger partial charge < -0.3 is 14.8 Å². The van der Waals surface area contributed by atoms with Crippen molar-refractivity contribution in [3.05, 3.63) is 58.6 Å². The van der Waals surface area contributed by atoms with Gasteiger partial charge in [0.25, 0.3) is 0 Å². The maximum atomic E-state index is 6.37. The molecule has 1 saturated heterocycles. The summed E-state index contributed by atoms with van der Waals surface area (Å²) in [5.41, 5.74) is 2.51. The second kappa shape index (κ2) is 9.98. The Morgan fingerprint density at radius 3 is 2.52 bits per heavy atom. The first-order valence-electron chi connectivity index (χ1n) is 9.68. The van der Waals surface area contributed by atoms with Gasteiger partial charge in [0.1, 0.15) is 0 Å². The lowest BCUT2D eigenvalue weighted by Crippen LogP contribution is -2.41. The average Bonchev–Trinajstić information content (AvgIpc) is 2.70. The highest BCUT2D eigenvalue weighted by Gasteiger charge is 2.19. The molecule has 0 spiro atoms. The van der Waals surface area contributed by atoms with Gasteiger partial charge >= 0.3 is 0 Å². The van der Waals surface area contributed by atoms with E-state index in [0.29, 0.717) is 29.2 Å². The monoisotopic (exact) mass is 388 g/mol. The topological polar surface area (TPSA) is 33.7 Å². The third-order valence-corrected chi connectivity index (χ3v) is 5.29. The molecule has 0 saturated carbocycles. The van der Waals surface area contributed by atoms with Crippen molar-refractivity contribution in [1.82, 2.24) is 10.2 Å². The van der Waals surface area contributed by atoms with Gasteiger partial charge in [-0.1, -0.05) is 41.9 Å². The number of piperidine rings is 1. The maximum Gasteiger partial charge on any atom is 0.179 e. The van der Waals surface area contributed by atoms with Crippen molar-refractivity contribution in [3.8, 4) is 11.5 Å². The largest absolute Gasteiger partial charge is 0.493 e. The molecular formula is C22H29ClN2O2. The maximum absolute atomic E-state index is 6.37. The van der Waals surface area contributed by atoms with Crippen molar-refractivity contribution in [2.45, 2.75) is 38.9 Å². The van der Waals surface area contributed by atoms with E-state index in [2.05, 4.69) is 40.5 Å². The number of hydrogen-bond acceptors (Lipinski definition) is 4. The molecule has 0 aromatic heterocycles. The van der Waals surface area contributed by atoms with Crippen LogP contribution in [-0.2, 0) is 13.1 Å². The Kier molecular flexibility index (Phi) is 7.39. The molecule has 0 radical (unpaired) electrons. The van der Waals surface area contributed by atoms with Gasteiger partial charge in [0.05, 0.1) is 18.7 Å². The van der Waals surface area contributed by atoms with Gasteiger partial charge in [0, 0.05) is 19.1 Å². The Labute approximate surface area is 167 Å². The molecule has 146 valence electrons. The number of benzene rings is 2. The van der Waals surface area contributed by atoms with Crippen LogP contribution >= 0.6 is 11.6 Å². The molecule has 0 aliphatic carbocycles. The Morgan fingerprint density at radius 1 is 1.11 bits per heavy atom. The zero-order valence-corrected chi connectivity index (χ0v) is 17.0. The minimum Gasteiger partial charge on any atom is -0.493 e. The van der Waals surface area contributed by atoms with E-state index >= 15 is 0 Å². The second-order valence-electron chi connectivity index (χ2n) is 6.96. The summed E-state index contributed by atoms with van der Waals surface area (Å²) in [5.74, 6) is 1.32. The smallest absolute Gasteiger partial charge is 0.179 e. The summed E-state index contributed by atoms with van der Waals surface area (Å²) in [7, 11) is 1.65. The van der Waals surface area contributed by atoms with Crippen LogP contribution in [0.5, 0.6) is 11.5 Å². The SMILES string of the molecule is CCOc1c(Cl)cc(CNC2CCN(Cc3ccccc3)CC2)cc1OC. The fourth-order valence-electron chi connectivity index (χ4n) is 3.56. The molecule has 27 heavy (non-hydrogen) atoms. The van der Waals surface area contributed by atoms with E-state index in [1.165, 1.54) is 5.56 Å². The number of halogens is 1. The number of hydrogen-bond donors (Lipinski definition) is 1. The molecule has 1 aliphatic rings. The van der Waals surface area contributed by atoms with E-state index in [0.717, 1.165) is 44.6 Å². The van der Waals surface area contributed by atoms with Crippen molar-refractivity contribution in [2.75, 3.05) is 26.8 Å². The number of nitrogens with one attached hydrogen (secondary N) is 1. The van der Waals surface area contributed by atoms with Gasteiger partial charge in [0.2, 0.25) is 0 Å². The Bertz CT molecular complexity index is 716. The highest BCUT2D eigenvalue weighted by molar-refractivity contribution is 6.32. The molecule has 3 rings (SSSR count). The molecular weight excluding hydrogens is 360 g/mol. The van der Waals surface area contributed by atoms with Crippen LogP contribution in [0.25, 0.3) is 0 Å². The summed E-state index contributed by atoms with van der Waals surface area (Å²) in [6.45, 7) is 6.58. The lowest BCUT2D eigenvalue weighted by atomic mass is 10.0. The fraction of sp³-hybridized carbons (Fsp3) is 0.455. The quantitative estimate of drug-likeness (QED) is 0.721. The average molecular weight is 389 g/mol. The van der Waals surface area contributed by atoms with Crippen LogP contribution in [-0.4, -0.2) is 37.7 Å². The first-order valence-corrected chi connectivity index (χ1v) is 10.1. The third kappa shape index (κ3) is 5.61. The lowest BCUT2D eigenvalue weighted by molar-refractivity contribution is 0.190. The van der Waals surface area contributed by atoms with E-state index in [1.807, 2.05) is 19.1 Å². The number of nitrogens with zero attached hydrogens (tertiary/aromatic N) is 1. The van der Waals surface area contributed by atoms with Crippen LogP contribution in [0.15, 0.2) is 42.5 Å². The molecule has 0 unspecified atom stereocenters. The second-order valence-corrected chi connectivity index (χ2v) is 7.37.